The van der Waals surface area contributed by atoms with Crippen molar-refractivity contribution in [2.75, 3.05) is 72.1 Å². The normalized spacial score (nSPS) is 42.2. The molecule has 5 saturated carbocycles. The Hall–Kier alpha value is -1.48. The molecular formula is C46H78N4O4. The molecule has 2 aliphatic heterocycles. The van der Waals surface area contributed by atoms with Crippen LogP contribution in [-0.4, -0.2) is 99.9 Å². The molecule has 0 aromatic heterocycles. The van der Waals surface area contributed by atoms with E-state index in [1.54, 1.807) is 0 Å². The summed E-state index contributed by atoms with van der Waals surface area (Å²) in [4.78, 5) is 31.4. The van der Waals surface area contributed by atoms with E-state index in [1.807, 2.05) is 0 Å². The van der Waals surface area contributed by atoms with Gasteiger partial charge in [0.15, 0.2) is 0 Å². The molecule has 0 amide bonds. The van der Waals surface area contributed by atoms with Crippen LogP contribution in [0.15, 0.2) is 12.2 Å². The Morgan fingerprint density at radius 3 is 1.96 bits per heavy atom. The van der Waals surface area contributed by atoms with Gasteiger partial charge in [-0.1, -0.05) is 46.8 Å². The Kier molecular flexibility index (Phi) is 12.1. The number of piperazine rings is 2. The smallest absolute Gasteiger partial charge is 0.306 e. The molecule has 7 aliphatic rings. The number of rotatable bonds is 12. The zero-order valence-electron chi connectivity index (χ0n) is 35.4. The molecule has 2 heterocycles. The van der Waals surface area contributed by atoms with Gasteiger partial charge in [-0.25, -0.2) is 0 Å². The molecule has 0 aromatic carbocycles. The number of nitrogens with one attached hydrogen (secondary N) is 2. The summed E-state index contributed by atoms with van der Waals surface area (Å²) < 4.78 is 12.7. The van der Waals surface area contributed by atoms with Crippen molar-refractivity contribution in [3.8, 4) is 0 Å². The molecule has 4 unspecified atom stereocenters. The number of carbonyl (C=O) groups is 2. The average molecular weight is 751 g/mol. The predicted molar refractivity (Wildman–Crippen MR) is 217 cm³/mol. The fourth-order valence-electron chi connectivity index (χ4n) is 15.0. The van der Waals surface area contributed by atoms with Crippen molar-refractivity contribution in [1.82, 2.24) is 20.4 Å². The number of hydrogen-bond donors (Lipinski definition) is 2. The molecule has 2 saturated heterocycles. The van der Waals surface area contributed by atoms with Gasteiger partial charge in [-0.3, -0.25) is 9.59 Å². The van der Waals surface area contributed by atoms with Crippen LogP contribution in [0.5, 0.6) is 0 Å². The SMILES string of the molecule is C=C(C)[C@@H]1CC[C@]2(COC(=O)CCCN3CCNCC3)CC[C@]3(C)C(CCC4[C@@]5(C)CC[C@H](OC(=O)CCCN6CCNCC6)C(C)(C)C5CC[C@]43C)C12. The number of ether oxygens (including phenoxy) is 2. The highest BCUT2D eigenvalue weighted by Crippen LogP contribution is 2.77. The third kappa shape index (κ3) is 7.39. The van der Waals surface area contributed by atoms with Crippen LogP contribution in [0.25, 0.3) is 0 Å². The zero-order chi connectivity index (χ0) is 38.4. The summed E-state index contributed by atoms with van der Waals surface area (Å²) in [6.45, 7) is 30.9. The van der Waals surface area contributed by atoms with Crippen LogP contribution >= 0.6 is 0 Å². The minimum absolute atomic E-state index is 0.00593. The van der Waals surface area contributed by atoms with E-state index in [2.05, 4.69) is 68.6 Å². The van der Waals surface area contributed by atoms with Crippen LogP contribution in [0.4, 0.5) is 0 Å². The topological polar surface area (TPSA) is 83.1 Å². The fourth-order valence-corrected chi connectivity index (χ4v) is 15.0. The molecule has 0 bridgehead atoms. The lowest BCUT2D eigenvalue weighted by Crippen LogP contribution is -2.67. The Balaban J connectivity index is 1.01. The number of hydrogen-bond acceptors (Lipinski definition) is 8. The quantitative estimate of drug-likeness (QED) is 0.157. The van der Waals surface area contributed by atoms with Gasteiger partial charge in [-0.15, -0.1) is 0 Å². The van der Waals surface area contributed by atoms with Gasteiger partial charge in [-0.2, -0.15) is 0 Å². The first-order valence-electron chi connectivity index (χ1n) is 22.6. The minimum Gasteiger partial charge on any atom is -0.465 e. The van der Waals surface area contributed by atoms with Gasteiger partial charge in [-0.05, 0) is 143 Å². The molecule has 0 aromatic rings. The second-order valence-electron chi connectivity index (χ2n) is 20.9. The molecule has 10 atom stereocenters. The summed E-state index contributed by atoms with van der Waals surface area (Å²) in [6, 6.07) is 0. The molecule has 8 heteroatoms. The lowest BCUT2D eigenvalue weighted by molar-refractivity contribution is -0.252. The summed E-state index contributed by atoms with van der Waals surface area (Å²) in [6.07, 6.45) is 14.8. The lowest BCUT2D eigenvalue weighted by Gasteiger charge is -2.73. The van der Waals surface area contributed by atoms with E-state index >= 15 is 0 Å². The summed E-state index contributed by atoms with van der Waals surface area (Å²) in [5, 5.41) is 6.84. The molecule has 8 nitrogen and oxygen atoms in total. The zero-order valence-corrected chi connectivity index (χ0v) is 35.4. The number of carbonyl (C=O) groups excluding carboxylic acids is 2. The third-order valence-corrected chi connectivity index (χ3v) is 18.1. The van der Waals surface area contributed by atoms with Gasteiger partial charge in [0.1, 0.15) is 6.10 Å². The molecule has 54 heavy (non-hydrogen) atoms. The average Bonchev–Trinajstić information content (AvgIpc) is 3.53. The van der Waals surface area contributed by atoms with Crippen LogP contribution in [0.1, 0.15) is 131 Å². The van der Waals surface area contributed by atoms with E-state index in [4.69, 9.17) is 9.47 Å². The Morgan fingerprint density at radius 2 is 1.33 bits per heavy atom. The molecule has 7 fully saturated rings. The standard InChI is InChI=1S/C46H78N4O4/c1-33(2)34-14-19-46(32-53-39(51)10-8-26-49-28-22-47-23-29-49)21-20-44(6)35(41(34)46)12-13-37-43(5)17-16-38(42(3,4)36(43)15-18-45(37,44)7)54-40(52)11-9-27-50-30-24-48-25-31-50/h34-38,41,47-48H,1,8-32H2,2-7H3/t34-,35?,36?,37?,38-,41?,43-,44+,45+,46+/m0/s1. The molecule has 306 valence electrons. The first-order valence-corrected chi connectivity index (χ1v) is 22.6. The highest BCUT2D eigenvalue weighted by molar-refractivity contribution is 5.70. The van der Waals surface area contributed by atoms with E-state index in [0.29, 0.717) is 49.0 Å². The van der Waals surface area contributed by atoms with Gasteiger partial charge in [0, 0.05) is 76.0 Å². The van der Waals surface area contributed by atoms with Crippen LogP contribution in [-0.2, 0) is 19.1 Å². The second-order valence-corrected chi connectivity index (χ2v) is 20.9. The molecule has 5 aliphatic carbocycles. The van der Waals surface area contributed by atoms with Crippen molar-refractivity contribution >= 4 is 11.9 Å². The summed E-state index contributed by atoms with van der Waals surface area (Å²) in [5.41, 5.74) is 2.15. The lowest BCUT2D eigenvalue weighted by atomic mass is 9.32. The van der Waals surface area contributed by atoms with Crippen LogP contribution in [0.3, 0.4) is 0 Å². The third-order valence-electron chi connectivity index (χ3n) is 18.1. The van der Waals surface area contributed by atoms with Crippen molar-refractivity contribution < 1.29 is 19.1 Å². The van der Waals surface area contributed by atoms with E-state index in [1.165, 1.54) is 56.9 Å². The van der Waals surface area contributed by atoms with Crippen molar-refractivity contribution in [2.24, 2.45) is 56.7 Å². The summed E-state index contributed by atoms with van der Waals surface area (Å²) >= 11 is 0. The largest absolute Gasteiger partial charge is 0.465 e. The van der Waals surface area contributed by atoms with Gasteiger partial charge in [0.25, 0.3) is 0 Å². The molecule has 2 N–H and O–H groups in total. The van der Waals surface area contributed by atoms with Crippen molar-refractivity contribution in [3.63, 3.8) is 0 Å². The monoisotopic (exact) mass is 751 g/mol. The first-order chi connectivity index (χ1) is 25.7. The van der Waals surface area contributed by atoms with Gasteiger partial charge in [0.05, 0.1) is 6.61 Å². The fraction of sp³-hybridized carbons (Fsp3) is 0.913. The number of allylic oxidation sites excluding steroid dienone is 1. The van der Waals surface area contributed by atoms with Crippen molar-refractivity contribution in [1.29, 1.82) is 0 Å². The first kappa shape index (κ1) is 40.7. The second kappa shape index (κ2) is 16.0. The molecular weight excluding hydrogens is 673 g/mol. The Labute approximate surface area is 329 Å². The summed E-state index contributed by atoms with van der Waals surface area (Å²) in [7, 11) is 0. The highest BCUT2D eigenvalue weighted by Gasteiger charge is 2.71. The van der Waals surface area contributed by atoms with Gasteiger partial charge >= 0.3 is 11.9 Å². The minimum atomic E-state index is -0.0344. The number of fused-ring (bicyclic) bond motifs is 7. The van der Waals surface area contributed by atoms with Crippen molar-refractivity contribution in [2.45, 2.75) is 138 Å². The molecule has 0 radical (unpaired) electrons. The van der Waals surface area contributed by atoms with Gasteiger partial charge in [0.2, 0.25) is 0 Å². The van der Waals surface area contributed by atoms with E-state index in [9.17, 15) is 9.59 Å². The predicted octanol–water partition coefficient (Wildman–Crippen LogP) is 7.47. The van der Waals surface area contributed by atoms with E-state index in [-0.39, 0.29) is 45.1 Å². The molecule has 7 rings (SSSR count). The number of nitrogens with zero attached hydrogens (tertiary/aromatic N) is 2. The Morgan fingerprint density at radius 1 is 0.704 bits per heavy atom. The maximum absolute atomic E-state index is 13.3. The van der Waals surface area contributed by atoms with Crippen LogP contribution < -0.4 is 10.6 Å². The molecule has 0 spiro atoms. The maximum atomic E-state index is 13.3. The van der Waals surface area contributed by atoms with Crippen LogP contribution in [0.2, 0.25) is 0 Å². The van der Waals surface area contributed by atoms with E-state index < -0.39 is 0 Å². The maximum Gasteiger partial charge on any atom is 0.306 e. The van der Waals surface area contributed by atoms with Crippen LogP contribution in [0, 0.1) is 56.7 Å². The van der Waals surface area contributed by atoms with E-state index in [0.717, 1.165) is 91.1 Å². The Bertz CT molecular complexity index is 1360. The highest BCUT2D eigenvalue weighted by atomic mass is 16.5. The number of esters is 2. The van der Waals surface area contributed by atoms with Gasteiger partial charge < -0.3 is 29.9 Å². The summed E-state index contributed by atoms with van der Waals surface area (Å²) in [5.74, 6) is 2.94. The van der Waals surface area contributed by atoms with Crippen molar-refractivity contribution in [3.05, 3.63) is 12.2 Å².